The molecule has 22 heavy (non-hydrogen) atoms. The number of carbonyl (C=O) groups is 1. The van der Waals surface area contributed by atoms with Crippen molar-refractivity contribution in [1.29, 1.82) is 0 Å². The van der Waals surface area contributed by atoms with E-state index in [1.54, 1.807) is 36.4 Å². The van der Waals surface area contributed by atoms with E-state index in [2.05, 4.69) is 10.6 Å². The average Bonchev–Trinajstić information content (AvgIpc) is 2.36. The van der Waals surface area contributed by atoms with Gasteiger partial charge < -0.3 is 5.32 Å². The van der Waals surface area contributed by atoms with Gasteiger partial charge in [0.2, 0.25) is 0 Å². The van der Waals surface area contributed by atoms with E-state index in [1.165, 1.54) is 0 Å². The zero-order chi connectivity index (χ0) is 16.3. The number of rotatable bonds is 2. The lowest BCUT2D eigenvalue weighted by atomic mass is 10.2. The van der Waals surface area contributed by atoms with Crippen LogP contribution in [0, 0.1) is 0 Å². The Balaban J connectivity index is 2.10. The highest BCUT2D eigenvalue weighted by Crippen LogP contribution is 2.24. The van der Waals surface area contributed by atoms with Gasteiger partial charge in [-0.25, -0.2) is 0 Å². The van der Waals surface area contributed by atoms with Gasteiger partial charge in [0.25, 0.3) is 5.91 Å². The molecule has 0 atom stereocenters. The lowest BCUT2D eigenvalue weighted by Gasteiger charge is -2.11. The number of anilines is 1. The van der Waals surface area contributed by atoms with Crippen LogP contribution in [0.25, 0.3) is 0 Å². The Bertz CT molecular complexity index is 711. The Hall–Kier alpha value is -1.04. The summed E-state index contributed by atoms with van der Waals surface area (Å²) in [5.74, 6) is -0.513. The van der Waals surface area contributed by atoms with Crippen LogP contribution >= 0.6 is 58.6 Å². The molecule has 2 aromatic carbocycles. The van der Waals surface area contributed by atoms with Crippen LogP contribution < -0.4 is 10.6 Å². The predicted octanol–water partition coefficient (Wildman–Crippen LogP) is 5.43. The zero-order valence-corrected chi connectivity index (χ0v) is 14.6. The quantitative estimate of drug-likeness (QED) is 0.668. The fraction of sp³-hybridized carbons (Fsp3) is 0. The topological polar surface area (TPSA) is 41.1 Å². The number of hydrogen-bond donors (Lipinski definition) is 2. The van der Waals surface area contributed by atoms with Crippen molar-refractivity contribution < 1.29 is 4.79 Å². The Labute approximate surface area is 152 Å². The van der Waals surface area contributed by atoms with Crippen molar-refractivity contribution in [2.75, 3.05) is 5.32 Å². The Morgan fingerprint density at radius 1 is 0.955 bits per heavy atom. The molecule has 0 heterocycles. The van der Waals surface area contributed by atoms with Gasteiger partial charge in [-0.05, 0) is 42.5 Å². The average molecular weight is 394 g/mol. The molecule has 0 spiro atoms. The zero-order valence-electron chi connectivity index (χ0n) is 10.8. The molecule has 2 aromatic rings. The van der Waals surface area contributed by atoms with Crippen LogP contribution in [0.5, 0.6) is 0 Å². The van der Waals surface area contributed by atoms with Gasteiger partial charge >= 0.3 is 0 Å². The third-order valence-electron chi connectivity index (χ3n) is 2.54. The maximum absolute atomic E-state index is 12.2. The summed E-state index contributed by atoms with van der Waals surface area (Å²) in [4.78, 5) is 12.2. The minimum Gasteiger partial charge on any atom is -0.332 e. The molecule has 0 fully saturated rings. The maximum atomic E-state index is 12.2. The van der Waals surface area contributed by atoms with Gasteiger partial charge in [-0.3, -0.25) is 10.1 Å². The van der Waals surface area contributed by atoms with Crippen LogP contribution in [0.4, 0.5) is 5.69 Å². The summed E-state index contributed by atoms with van der Waals surface area (Å²) in [6.45, 7) is 0. The van der Waals surface area contributed by atoms with Gasteiger partial charge in [-0.2, -0.15) is 0 Å². The molecule has 8 heteroatoms. The Kier molecular flexibility index (Phi) is 5.89. The van der Waals surface area contributed by atoms with Crippen LogP contribution in [0.2, 0.25) is 20.1 Å². The second-order valence-corrected chi connectivity index (χ2v) is 6.26. The van der Waals surface area contributed by atoms with Crippen molar-refractivity contribution in [2.24, 2.45) is 0 Å². The lowest BCUT2D eigenvalue weighted by Crippen LogP contribution is -2.34. The molecule has 0 bridgehead atoms. The molecular weight excluding hydrogens is 386 g/mol. The van der Waals surface area contributed by atoms with Gasteiger partial charge in [-0.1, -0.05) is 52.5 Å². The maximum Gasteiger partial charge on any atom is 0.260 e. The third kappa shape index (κ3) is 4.48. The fourth-order valence-corrected chi connectivity index (χ4v) is 2.97. The number of benzene rings is 2. The van der Waals surface area contributed by atoms with Crippen molar-refractivity contribution in [3.8, 4) is 0 Å². The fourth-order valence-electron chi connectivity index (χ4n) is 1.67. The standard InChI is InChI=1S/C14H8Cl4N2OS/c15-7-4-8(16)6-9(5-7)19-14(22)20-13(21)12-10(17)2-1-3-11(12)18/h1-6H,(H2,19,20,21,22). The van der Waals surface area contributed by atoms with Gasteiger partial charge in [0.05, 0.1) is 15.6 Å². The SMILES string of the molecule is O=C(NC(=S)Nc1cc(Cl)cc(Cl)c1)c1c(Cl)cccc1Cl. The number of amides is 1. The van der Waals surface area contributed by atoms with E-state index in [0.29, 0.717) is 15.7 Å². The summed E-state index contributed by atoms with van der Waals surface area (Å²) < 4.78 is 0. The molecule has 114 valence electrons. The monoisotopic (exact) mass is 392 g/mol. The highest BCUT2D eigenvalue weighted by molar-refractivity contribution is 7.80. The van der Waals surface area contributed by atoms with Crippen LogP contribution in [-0.2, 0) is 0 Å². The minimum absolute atomic E-state index is 0.0688. The van der Waals surface area contributed by atoms with Gasteiger partial charge in [0, 0.05) is 15.7 Å². The molecule has 0 aromatic heterocycles. The highest BCUT2D eigenvalue weighted by Gasteiger charge is 2.15. The number of thiocarbonyl (C=S) groups is 1. The first-order chi connectivity index (χ1) is 10.4. The molecule has 0 unspecified atom stereocenters. The van der Waals surface area contributed by atoms with E-state index in [0.717, 1.165) is 0 Å². The van der Waals surface area contributed by atoms with Crippen molar-refractivity contribution in [1.82, 2.24) is 5.32 Å². The summed E-state index contributed by atoms with van der Waals surface area (Å²) in [6.07, 6.45) is 0. The Morgan fingerprint density at radius 3 is 2.05 bits per heavy atom. The van der Waals surface area contributed by atoms with Crippen molar-refractivity contribution in [3.63, 3.8) is 0 Å². The summed E-state index contributed by atoms with van der Waals surface area (Å²) in [5, 5.41) is 6.72. The number of hydrogen-bond acceptors (Lipinski definition) is 2. The normalized spacial score (nSPS) is 10.2. The highest BCUT2D eigenvalue weighted by atomic mass is 35.5. The molecule has 1 amide bonds. The summed E-state index contributed by atoms with van der Waals surface area (Å²) in [7, 11) is 0. The van der Waals surface area contributed by atoms with E-state index in [-0.39, 0.29) is 20.7 Å². The summed E-state index contributed by atoms with van der Waals surface area (Å²) in [6, 6.07) is 9.60. The molecule has 0 aliphatic heterocycles. The third-order valence-corrected chi connectivity index (χ3v) is 3.81. The molecule has 0 aliphatic carbocycles. The molecule has 3 nitrogen and oxygen atoms in total. The summed E-state index contributed by atoms with van der Waals surface area (Å²) >= 11 is 28.8. The number of nitrogens with one attached hydrogen (secondary N) is 2. The first-order valence-corrected chi connectivity index (χ1v) is 7.81. The van der Waals surface area contributed by atoms with Crippen molar-refractivity contribution in [3.05, 3.63) is 62.1 Å². The molecular formula is C14H8Cl4N2OS. The van der Waals surface area contributed by atoms with E-state index in [4.69, 9.17) is 58.6 Å². The van der Waals surface area contributed by atoms with Crippen LogP contribution in [-0.4, -0.2) is 11.0 Å². The van der Waals surface area contributed by atoms with E-state index in [9.17, 15) is 4.79 Å². The second-order valence-electron chi connectivity index (χ2n) is 4.16. The summed E-state index contributed by atoms with van der Waals surface area (Å²) in [5.41, 5.74) is 0.701. The van der Waals surface area contributed by atoms with Crippen molar-refractivity contribution >= 4 is 75.3 Å². The molecule has 0 radical (unpaired) electrons. The van der Waals surface area contributed by atoms with Gasteiger partial charge in [0.15, 0.2) is 5.11 Å². The predicted molar refractivity (Wildman–Crippen MR) is 96.6 cm³/mol. The minimum atomic E-state index is -0.513. The van der Waals surface area contributed by atoms with Crippen LogP contribution in [0.1, 0.15) is 10.4 Å². The van der Waals surface area contributed by atoms with Crippen molar-refractivity contribution in [2.45, 2.75) is 0 Å². The second kappa shape index (κ2) is 7.49. The smallest absolute Gasteiger partial charge is 0.260 e. The molecule has 0 saturated heterocycles. The first kappa shape index (κ1) is 17.3. The van der Waals surface area contributed by atoms with E-state index < -0.39 is 5.91 Å². The van der Waals surface area contributed by atoms with E-state index in [1.807, 2.05) is 0 Å². The molecule has 2 rings (SSSR count). The van der Waals surface area contributed by atoms with E-state index >= 15 is 0 Å². The van der Waals surface area contributed by atoms with Gasteiger partial charge in [-0.15, -0.1) is 0 Å². The van der Waals surface area contributed by atoms with Crippen LogP contribution in [0.15, 0.2) is 36.4 Å². The van der Waals surface area contributed by atoms with Gasteiger partial charge in [0.1, 0.15) is 0 Å². The Morgan fingerprint density at radius 2 is 1.50 bits per heavy atom. The molecule has 2 N–H and O–H groups in total. The first-order valence-electron chi connectivity index (χ1n) is 5.89. The largest absolute Gasteiger partial charge is 0.332 e. The molecule has 0 aliphatic rings. The van der Waals surface area contributed by atoms with Crippen LogP contribution in [0.3, 0.4) is 0 Å². The number of carbonyl (C=O) groups excluding carboxylic acids is 1. The molecule has 0 saturated carbocycles. The lowest BCUT2D eigenvalue weighted by molar-refractivity contribution is 0.0978. The number of halogens is 4.